The number of esters is 1. The highest BCUT2D eigenvalue weighted by molar-refractivity contribution is 6.05. The van der Waals surface area contributed by atoms with Crippen LogP contribution in [-0.2, 0) is 16.0 Å². The molecule has 1 amide bonds. The van der Waals surface area contributed by atoms with Crippen molar-refractivity contribution in [3.63, 3.8) is 0 Å². The lowest BCUT2D eigenvalue weighted by Gasteiger charge is -2.22. The molecule has 0 aliphatic carbocycles. The van der Waals surface area contributed by atoms with Crippen LogP contribution in [0, 0.1) is 0 Å². The number of benzene rings is 3. The highest BCUT2D eigenvalue weighted by Crippen LogP contribution is 2.36. The third kappa shape index (κ3) is 2.93. The summed E-state index contributed by atoms with van der Waals surface area (Å²) in [6.07, 6.45) is 0.745. The van der Waals surface area contributed by atoms with E-state index < -0.39 is 12.6 Å². The van der Waals surface area contributed by atoms with Crippen LogP contribution in [0.4, 0.5) is 5.69 Å². The van der Waals surface area contributed by atoms with Gasteiger partial charge in [-0.05, 0) is 31.0 Å². The number of hydrogen-bond donors (Lipinski definition) is 2. The summed E-state index contributed by atoms with van der Waals surface area (Å²) >= 11 is 0. The summed E-state index contributed by atoms with van der Waals surface area (Å²) in [6, 6.07) is 15.4. The van der Waals surface area contributed by atoms with Crippen LogP contribution in [0.15, 0.2) is 54.6 Å². The first-order valence-electron chi connectivity index (χ1n) is 8.98. The van der Waals surface area contributed by atoms with E-state index in [1.54, 1.807) is 29.2 Å². The number of anilines is 1. The van der Waals surface area contributed by atoms with Gasteiger partial charge in [0.1, 0.15) is 17.1 Å². The molecule has 0 radical (unpaired) electrons. The number of ether oxygens (including phenoxy) is 1. The van der Waals surface area contributed by atoms with E-state index in [2.05, 4.69) is 0 Å². The number of aromatic hydroxyl groups is 2. The Morgan fingerprint density at radius 1 is 1.07 bits per heavy atom. The number of carbonyl (C=O) groups is 2. The van der Waals surface area contributed by atoms with Crippen molar-refractivity contribution in [2.45, 2.75) is 19.4 Å². The van der Waals surface area contributed by atoms with E-state index in [1.807, 2.05) is 31.2 Å². The summed E-state index contributed by atoms with van der Waals surface area (Å²) in [4.78, 5) is 26.7. The third-order valence-electron chi connectivity index (χ3n) is 5.02. The van der Waals surface area contributed by atoms with Crippen molar-refractivity contribution >= 4 is 28.3 Å². The first kappa shape index (κ1) is 17.9. The maximum atomic E-state index is 12.7. The Hall–Kier alpha value is -3.54. The van der Waals surface area contributed by atoms with Gasteiger partial charge in [-0.2, -0.15) is 0 Å². The Morgan fingerprint density at radius 3 is 2.54 bits per heavy atom. The standard InChI is InChI=1S/C22H19NO5/c1-13-10-14-6-2-5-9-18(14)23(13)20(25)12-28-22(27)17-11-19(24)15-7-3-4-8-16(15)21(17)26/h2-9,11,13,24,26H,10,12H2,1H3/t13-/m0/s1. The fourth-order valence-electron chi connectivity index (χ4n) is 3.72. The molecule has 0 spiro atoms. The predicted molar refractivity (Wildman–Crippen MR) is 105 cm³/mol. The molecule has 6 nitrogen and oxygen atoms in total. The van der Waals surface area contributed by atoms with Gasteiger partial charge in [0.05, 0.1) is 0 Å². The van der Waals surface area contributed by atoms with Gasteiger partial charge in [0.2, 0.25) is 0 Å². The summed E-state index contributed by atoms with van der Waals surface area (Å²) in [5, 5.41) is 21.3. The van der Waals surface area contributed by atoms with Crippen molar-refractivity contribution in [3.05, 3.63) is 65.7 Å². The summed E-state index contributed by atoms with van der Waals surface area (Å²) < 4.78 is 5.15. The number of hydrogen-bond acceptors (Lipinski definition) is 5. The van der Waals surface area contributed by atoms with Crippen LogP contribution in [0.25, 0.3) is 10.8 Å². The van der Waals surface area contributed by atoms with E-state index >= 15 is 0 Å². The number of fused-ring (bicyclic) bond motifs is 2. The first-order chi connectivity index (χ1) is 13.5. The lowest BCUT2D eigenvalue weighted by molar-refractivity contribution is -0.122. The molecule has 1 aliphatic rings. The number of rotatable bonds is 3. The summed E-state index contributed by atoms with van der Waals surface area (Å²) in [5.41, 5.74) is 1.72. The lowest BCUT2D eigenvalue weighted by atomic mass is 10.0. The molecule has 28 heavy (non-hydrogen) atoms. The van der Waals surface area contributed by atoms with E-state index in [-0.39, 0.29) is 29.0 Å². The zero-order valence-electron chi connectivity index (χ0n) is 15.3. The van der Waals surface area contributed by atoms with E-state index in [0.29, 0.717) is 10.8 Å². The van der Waals surface area contributed by atoms with Crippen LogP contribution >= 0.6 is 0 Å². The van der Waals surface area contributed by atoms with Crippen molar-refractivity contribution in [2.75, 3.05) is 11.5 Å². The highest BCUT2D eigenvalue weighted by Gasteiger charge is 2.31. The lowest BCUT2D eigenvalue weighted by Crippen LogP contribution is -2.38. The number of phenols is 2. The van der Waals surface area contributed by atoms with Crippen molar-refractivity contribution in [1.29, 1.82) is 0 Å². The second-order valence-corrected chi connectivity index (χ2v) is 6.86. The van der Waals surface area contributed by atoms with E-state index in [1.165, 1.54) is 0 Å². The molecule has 142 valence electrons. The average molecular weight is 377 g/mol. The molecule has 1 atom stereocenters. The maximum Gasteiger partial charge on any atom is 0.342 e. The Morgan fingerprint density at radius 2 is 1.75 bits per heavy atom. The quantitative estimate of drug-likeness (QED) is 0.540. The molecule has 0 fully saturated rings. The minimum absolute atomic E-state index is 0.0262. The van der Waals surface area contributed by atoms with E-state index in [9.17, 15) is 19.8 Å². The summed E-state index contributed by atoms with van der Waals surface area (Å²) in [7, 11) is 0. The van der Waals surface area contributed by atoms with E-state index in [0.717, 1.165) is 23.7 Å². The minimum Gasteiger partial charge on any atom is -0.507 e. The molecule has 0 aromatic heterocycles. The number of para-hydroxylation sites is 1. The second-order valence-electron chi connectivity index (χ2n) is 6.86. The van der Waals surface area contributed by atoms with Gasteiger partial charge in [-0.25, -0.2) is 4.79 Å². The molecule has 1 heterocycles. The second kappa shape index (κ2) is 6.88. The SMILES string of the molecule is C[C@H]1Cc2ccccc2N1C(=O)COC(=O)c1cc(O)c2ccccc2c1O. The smallest absolute Gasteiger partial charge is 0.342 e. The summed E-state index contributed by atoms with van der Waals surface area (Å²) in [6.45, 7) is 1.48. The molecule has 0 saturated heterocycles. The molecular weight excluding hydrogens is 358 g/mol. The predicted octanol–water partition coefficient (Wildman–Crippen LogP) is 3.39. The summed E-state index contributed by atoms with van der Waals surface area (Å²) in [5.74, 6) is -1.64. The van der Waals surface area contributed by atoms with Crippen molar-refractivity contribution < 1.29 is 24.5 Å². The first-order valence-corrected chi connectivity index (χ1v) is 8.98. The number of amides is 1. The largest absolute Gasteiger partial charge is 0.507 e. The van der Waals surface area contributed by atoms with Gasteiger partial charge in [-0.1, -0.05) is 42.5 Å². The Kier molecular flexibility index (Phi) is 4.39. The Labute approximate surface area is 161 Å². The van der Waals surface area contributed by atoms with Crippen LogP contribution in [0.2, 0.25) is 0 Å². The zero-order chi connectivity index (χ0) is 19.8. The number of nitrogens with zero attached hydrogens (tertiary/aromatic N) is 1. The van der Waals surface area contributed by atoms with Crippen molar-refractivity contribution in [1.82, 2.24) is 0 Å². The Balaban J connectivity index is 1.53. The van der Waals surface area contributed by atoms with Crippen molar-refractivity contribution in [2.24, 2.45) is 0 Å². The highest BCUT2D eigenvalue weighted by atomic mass is 16.5. The fourth-order valence-corrected chi connectivity index (χ4v) is 3.72. The molecule has 6 heteroatoms. The van der Waals surface area contributed by atoms with Gasteiger partial charge in [0.15, 0.2) is 6.61 Å². The van der Waals surface area contributed by atoms with Gasteiger partial charge < -0.3 is 19.8 Å². The van der Waals surface area contributed by atoms with Gasteiger partial charge in [-0.3, -0.25) is 4.79 Å². The molecule has 3 aromatic carbocycles. The maximum absolute atomic E-state index is 12.7. The monoisotopic (exact) mass is 377 g/mol. The normalized spacial score (nSPS) is 15.5. The van der Waals surface area contributed by atoms with Gasteiger partial charge >= 0.3 is 5.97 Å². The van der Waals surface area contributed by atoms with Crippen molar-refractivity contribution in [3.8, 4) is 11.5 Å². The average Bonchev–Trinajstić information content (AvgIpc) is 3.04. The van der Waals surface area contributed by atoms with Gasteiger partial charge in [0, 0.05) is 22.5 Å². The zero-order valence-corrected chi connectivity index (χ0v) is 15.3. The van der Waals surface area contributed by atoms with Crippen LogP contribution in [0.3, 0.4) is 0 Å². The molecule has 1 aliphatic heterocycles. The van der Waals surface area contributed by atoms with Crippen LogP contribution in [-0.4, -0.2) is 34.7 Å². The minimum atomic E-state index is -0.868. The van der Waals surface area contributed by atoms with Crippen LogP contribution in [0.1, 0.15) is 22.8 Å². The molecular formula is C22H19NO5. The molecule has 0 saturated carbocycles. The molecule has 0 bridgehead atoms. The van der Waals surface area contributed by atoms with Gasteiger partial charge in [-0.15, -0.1) is 0 Å². The van der Waals surface area contributed by atoms with Crippen LogP contribution in [0.5, 0.6) is 11.5 Å². The molecule has 3 aromatic rings. The Bertz CT molecular complexity index is 1090. The van der Waals surface area contributed by atoms with Crippen LogP contribution < -0.4 is 4.90 Å². The third-order valence-corrected chi connectivity index (χ3v) is 5.02. The topological polar surface area (TPSA) is 87.1 Å². The fraction of sp³-hybridized carbons (Fsp3) is 0.182. The number of carbonyl (C=O) groups excluding carboxylic acids is 2. The van der Waals surface area contributed by atoms with E-state index in [4.69, 9.17) is 4.74 Å². The molecule has 0 unspecified atom stereocenters. The molecule has 4 rings (SSSR count). The number of phenolic OH excluding ortho intramolecular Hbond substituents is 2. The van der Waals surface area contributed by atoms with Gasteiger partial charge in [0.25, 0.3) is 5.91 Å². The molecule has 2 N–H and O–H groups in total.